The lowest BCUT2D eigenvalue weighted by Crippen LogP contribution is -2.39. The van der Waals surface area contributed by atoms with E-state index in [9.17, 15) is 4.79 Å². The average molecular weight is 336 g/mol. The van der Waals surface area contributed by atoms with Crippen LogP contribution in [0.5, 0.6) is 0 Å². The van der Waals surface area contributed by atoms with E-state index in [2.05, 4.69) is 12.1 Å². The van der Waals surface area contributed by atoms with E-state index in [0.29, 0.717) is 6.54 Å². The minimum Gasteiger partial charge on any atom is -0.333 e. The molecule has 22 heavy (non-hydrogen) atoms. The lowest BCUT2D eigenvalue weighted by atomic mass is 9.97. The van der Waals surface area contributed by atoms with Gasteiger partial charge in [-0.1, -0.05) is 83.9 Å². The summed E-state index contributed by atoms with van der Waals surface area (Å²) < 4.78 is 0. The van der Waals surface area contributed by atoms with Gasteiger partial charge in [0.1, 0.15) is 0 Å². The number of benzene rings is 2. The number of amides is 1. The van der Waals surface area contributed by atoms with Crippen molar-refractivity contribution in [2.75, 3.05) is 6.54 Å². The van der Waals surface area contributed by atoms with Gasteiger partial charge in [-0.3, -0.25) is 4.79 Å². The minimum absolute atomic E-state index is 0.0823. The van der Waals surface area contributed by atoms with E-state index in [0.717, 1.165) is 12.0 Å². The highest BCUT2D eigenvalue weighted by Gasteiger charge is 2.27. The molecule has 0 aliphatic carbocycles. The van der Waals surface area contributed by atoms with Gasteiger partial charge in [0, 0.05) is 6.54 Å². The van der Waals surface area contributed by atoms with Crippen LogP contribution in [0, 0.1) is 0 Å². The number of carbonyl (C=O) groups excluding carboxylic acids is 1. The maximum atomic E-state index is 12.3. The Bertz CT molecular complexity index is 587. The van der Waals surface area contributed by atoms with Gasteiger partial charge in [-0.05, 0) is 24.5 Å². The topological polar surface area (TPSA) is 20.3 Å². The van der Waals surface area contributed by atoms with E-state index in [4.69, 9.17) is 23.2 Å². The molecule has 0 spiro atoms. The van der Waals surface area contributed by atoms with Crippen LogP contribution >= 0.6 is 23.2 Å². The first-order valence-electron chi connectivity index (χ1n) is 7.31. The Morgan fingerprint density at radius 1 is 1.00 bits per heavy atom. The van der Waals surface area contributed by atoms with E-state index in [1.807, 2.05) is 55.5 Å². The molecule has 0 fully saturated rings. The Morgan fingerprint density at radius 3 is 2.05 bits per heavy atom. The highest BCUT2D eigenvalue weighted by atomic mass is 35.5. The predicted octanol–water partition coefficient (Wildman–Crippen LogP) is 4.62. The number of carbonyl (C=O) groups is 1. The first-order valence-corrected chi connectivity index (χ1v) is 8.18. The summed E-state index contributed by atoms with van der Waals surface area (Å²) in [7, 11) is 0. The fourth-order valence-electron chi connectivity index (χ4n) is 2.58. The normalized spacial score (nSPS) is 12.2. The number of likely N-dealkylation sites (N-methyl/N-ethyl adjacent to an activating group) is 1. The summed E-state index contributed by atoms with van der Waals surface area (Å²) in [6, 6.07) is 20.0. The van der Waals surface area contributed by atoms with Gasteiger partial charge in [0.2, 0.25) is 0 Å². The van der Waals surface area contributed by atoms with Gasteiger partial charge >= 0.3 is 0 Å². The van der Waals surface area contributed by atoms with Crippen molar-refractivity contribution in [2.45, 2.75) is 24.2 Å². The van der Waals surface area contributed by atoms with Crippen molar-refractivity contribution in [3.8, 4) is 0 Å². The fraction of sp³-hybridized carbons (Fsp3) is 0.278. The Morgan fingerprint density at radius 2 is 1.55 bits per heavy atom. The molecule has 2 aromatic carbocycles. The zero-order valence-corrected chi connectivity index (χ0v) is 14.0. The number of halogens is 2. The van der Waals surface area contributed by atoms with Crippen molar-refractivity contribution in [1.29, 1.82) is 0 Å². The molecule has 0 bridgehead atoms. The lowest BCUT2D eigenvalue weighted by Gasteiger charge is -2.32. The monoisotopic (exact) mass is 335 g/mol. The second-order valence-corrected chi connectivity index (χ2v) is 6.14. The molecule has 0 saturated carbocycles. The molecular weight excluding hydrogens is 317 g/mol. The van der Waals surface area contributed by atoms with Gasteiger partial charge in [-0.15, -0.1) is 0 Å². The van der Waals surface area contributed by atoms with Gasteiger partial charge in [0.25, 0.3) is 5.91 Å². The fourth-order valence-corrected chi connectivity index (χ4v) is 2.83. The molecule has 0 aromatic heterocycles. The number of alkyl halides is 2. The predicted molar refractivity (Wildman–Crippen MR) is 92.2 cm³/mol. The Balaban J connectivity index is 2.34. The van der Waals surface area contributed by atoms with E-state index in [1.54, 1.807) is 4.90 Å². The summed E-state index contributed by atoms with van der Waals surface area (Å²) in [4.78, 5) is 13.0. The van der Waals surface area contributed by atoms with Gasteiger partial charge in [-0.25, -0.2) is 0 Å². The lowest BCUT2D eigenvalue weighted by molar-refractivity contribution is -0.131. The van der Waals surface area contributed by atoms with Crippen molar-refractivity contribution >= 4 is 29.1 Å². The Kier molecular flexibility index (Phi) is 6.29. The first kappa shape index (κ1) is 16.9. The molecule has 2 aromatic rings. The molecule has 0 radical (unpaired) electrons. The summed E-state index contributed by atoms with van der Waals surface area (Å²) >= 11 is 11.6. The molecule has 1 amide bonds. The molecule has 0 N–H and O–H groups in total. The van der Waals surface area contributed by atoms with E-state index < -0.39 is 4.84 Å². The maximum absolute atomic E-state index is 12.3. The number of rotatable bonds is 6. The molecule has 116 valence electrons. The van der Waals surface area contributed by atoms with Gasteiger partial charge < -0.3 is 4.90 Å². The van der Waals surface area contributed by atoms with Crippen LogP contribution in [0.4, 0.5) is 0 Å². The highest BCUT2D eigenvalue weighted by Crippen LogP contribution is 2.27. The zero-order valence-electron chi connectivity index (χ0n) is 12.5. The second-order valence-electron chi connectivity index (χ2n) is 5.04. The van der Waals surface area contributed by atoms with Gasteiger partial charge in [-0.2, -0.15) is 0 Å². The Hall–Kier alpha value is -1.51. The van der Waals surface area contributed by atoms with Crippen LogP contribution in [-0.2, 0) is 11.2 Å². The SMILES string of the molecule is CCN(C(=O)C(Cl)Cl)[C@@H](Cc1ccccc1)c1ccccc1. The third kappa shape index (κ3) is 4.25. The number of hydrogen-bond donors (Lipinski definition) is 0. The van der Waals surface area contributed by atoms with Crippen LogP contribution < -0.4 is 0 Å². The van der Waals surface area contributed by atoms with Gasteiger partial charge in [0.05, 0.1) is 6.04 Å². The van der Waals surface area contributed by atoms with E-state index in [-0.39, 0.29) is 11.9 Å². The van der Waals surface area contributed by atoms with Crippen molar-refractivity contribution in [1.82, 2.24) is 4.90 Å². The molecule has 0 aliphatic heterocycles. The van der Waals surface area contributed by atoms with Crippen LogP contribution in [0.1, 0.15) is 24.1 Å². The number of nitrogens with zero attached hydrogens (tertiary/aromatic N) is 1. The highest BCUT2D eigenvalue weighted by molar-refractivity contribution is 6.53. The largest absolute Gasteiger partial charge is 0.333 e. The van der Waals surface area contributed by atoms with E-state index >= 15 is 0 Å². The average Bonchev–Trinajstić information content (AvgIpc) is 2.56. The second kappa shape index (κ2) is 8.21. The molecule has 0 heterocycles. The van der Waals surface area contributed by atoms with Crippen LogP contribution in [0.2, 0.25) is 0 Å². The van der Waals surface area contributed by atoms with E-state index in [1.165, 1.54) is 5.56 Å². The quantitative estimate of drug-likeness (QED) is 0.705. The minimum atomic E-state index is -1.04. The van der Waals surface area contributed by atoms with Crippen molar-refractivity contribution in [3.63, 3.8) is 0 Å². The summed E-state index contributed by atoms with van der Waals surface area (Å²) in [6.07, 6.45) is 0.727. The van der Waals surface area contributed by atoms with Gasteiger partial charge in [0.15, 0.2) is 4.84 Å². The molecule has 1 atom stereocenters. The number of hydrogen-bond acceptors (Lipinski definition) is 1. The van der Waals surface area contributed by atoms with Crippen LogP contribution in [-0.4, -0.2) is 22.2 Å². The first-order chi connectivity index (χ1) is 10.6. The third-order valence-corrected chi connectivity index (χ3v) is 4.02. The van der Waals surface area contributed by atoms with Crippen LogP contribution in [0.3, 0.4) is 0 Å². The summed E-state index contributed by atoms with van der Waals surface area (Å²) in [5.41, 5.74) is 2.25. The zero-order chi connectivity index (χ0) is 15.9. The van der Waals surface area contributed by atoms with Crippen molar-refractivity contribution in [3.05, 3.63) is 71.8 Å². The molecule has 4 heteroatoms. The summed E-state index contributed by atoms with van der Waals surface area (Å²) in [5.74, 6) is -0.254. The smallest absolute Gasteiger partial charge is 0.256 e. The molecule has 0 aliphatic rings. The maximum Gasteiger partial charge on any atom is 0.256 e. The van der Waals surface area contributed by atoms with Crippen molar-refractivity contribution in [2.24, 2.45) is 0 Å². The van der Waals surface area contributed by atoms with Crippen LogP contribution in [0.15, 0.2) is 60.7 Å². The Labute approximate surface area is 141 Å². The molecule has 2 rings (SSSR count). The van der Waals surface area contributed by atoms with Crippen molar-refractivity contribution < 1.29 is 4.79 Å². The third-order valence-electron chi connectivity index (χ3n) is 3.64. The summed E-state index contributed by atoms with van der Waals surface area (Å²) in [6.45, 7) is 2.50. The molecular formula is C18H19Cl2NO. The molecule has 0 saturated heterocycles. The summed E-state index contributed by atoms with van der Waals surface area (Å²) in [5, 5.41) is 0. The standard InChI is InChI=1S/C18H19Cl2NO/c1-2-21(18(22)17(19)20)16(15-11-7-4-8-12-15)13-14-9-5-3-6-10-14/h3-12,16-17H,2,13H2,1H3/t16-/m0/s1. The molecule has 0 unspecified atom stereocenters. The van der Waals surface area contributed by atoms with Crippen LogP contribution in [0.25, 0.3) is 0 Å². The molecule has 2 nitrogen and oxygen atoms in total.